The number of non-ortho nitro benzene ring substituents is 1. The van der Waals surface area contributed by atoms with Crippen LogP contribution in [0.3, 0.4) is 0 Å². The molecule has 0 fully saturated rings. The molecule has 1 N–H and O–H groups in total. The van der Waals surface area contributed by atoms with E-state index in [1.165, 1.54) is 36.0 Å². The van der Waals surface area contributed by atoms with Crippen molar-refractivity contribution in [3.8, 4) is 0 Å². The van der Waals surface area contributed by atoms with Crippen molar-refractivity contribution in [3.63, 3.8) is 0 Å². The maximum atomic E-state index is 11.9. The van der Waals surface area contributed by atoms with Crippen LogP contribution in [0.25, 0.3) is 0 Å². The van der Waals surface area contributed by atoms with Gasteiger partial charge in [-0.3, -0.25) is 14.9 Å². The number of amides is 1. The number of rotatable bonds is 6. The number of benzene rings is 1. The lowest BCUT2D eigenvalue weighted by atomic mass is 10.2. The third kappa shape index (κ3) is 6.17. The van der Waals surface area contributed by atoms with Gasteiger partial charge in [0.2, 0.25) is 0 Å². The summed E-state index contributed by atoms with van der Waals surface area (Å²) in [7, 11) is 0. The van der Waals surface area contributed by atoms with Gasteiger partial charge in [0.15, 0.2) is 0 Å². The van der Waals surface area contributed by atoms with Crippen molar-refractivity contribution in [2.24, 2.45) is 5.10 Å². The highest BCUT2D eigenvalue weighted by Crippen LogP contribution is 2.16. The van der Waals surface area contributed by atoms with Crippen LogP contribution in [-0.4, -0.2) is 27.2 Å². The van der Waals surface area contributed by atoms with Crippen LogP contribution in [0.15, 0.2) is 29.4 Å². The summed E-state index contributed by atoms with van der Waals surface area (Å²) in [6.45, 7) is 2.12. The Hall–Kier alpha value is -1.54. The molecule has 6 nitrogen and oxygen atoms in total. The molecule has 1 aromatic carbocycles. The smallest absolute Gasteiger partial charge is 0.267 e. The normalized spacial score (nSPS) is 11.2. The Balaban J connectivity index is 2.60. The number of carbonyl (C=O) groups excluding carboxylic acids is 1. The number of nitro benzene ring substituents is 1. The van der Waals surface area contributed by atoms with E-state index in [2.05, 4.69) is 17.5 Å². The van der Waals surface area contributed by atoms with Gasteiger partial charge in [-0.05, 0) is 24.8 Å². The molecule has 0 radical (unpaired) electrons. The van der Waals surface area contributed by atoms with Crippen LogP contribution in [0.5, 0.6) is 0 Å². The van der Waals surface area contributed by atoms with Crippen molar-refractivity contribution in [2.45, 2.75) is 19.8 Å². The van der Waals surface area contributed by atoms with Crippen molar-refractivity contribution in [3.05, 3.63) is 39.9 Å². The molecule has 0 aliphatic carbocycles. The van der Waals surface area contributed by atoms with E-state index >= 15 is 0 Å². The molecule has 1 rings (SSSR count). The van der Waals surface area contributed by atoms with E-state index in [0.717, 1.165) is 23.0 Å². The second-order valence-corrected chi connectivity index (χ2v) is 6.17. The third-order valence-corrected chi connectivity index (χ3v) is 4.61. The fraction of sp³-hybridized carbons (Fsp3) is 0.385. The molecule has 0 spiro atoms. The predicted octanol–water partition coefficient (Wildman–Crippen LogP) is 3.49. The summed E-state index contributed by atoms with van der Waals surface area (Å²) in [4.78, 5) is 21.9. The largest absolute Gasteiger partial charge is 0.271 e. The summed E-state index contributed by atoms with van der Waals surface area (Å²) in [5.74, 6) is 0.580. The quantitative estimate of drug-likeness (QED) is 0.284. The van der Waals surface area contributed by atoms with Crippen molar-refractivity contribution in [1.82, 2.24) is 5.43 Å². The molecule has 0 atom stereocenters. The summed E-state index contributed by atoms with van der Waals surface area (Å²) in [5.41, 5.74) is 2.75. The second-order valence-electron chi connectivity index (χ2n) is 4.03. The highest BCUT2D eigenvalue weighted by molar-refractivity contribution is 8.38. The SMILES string of the molecule is CCCCSC(=NNC(=O)c1ccc([N+](=O)[O-])cc1)SC. The van der Waals surface area contributed by atoms with Gasteiger partial charge in [-0.2, -0.15) is 5.10 Å². The zero-order chi connectivity index (χ0) is 15.7. The number of hydrazone groups is 1. The molecule has 0 unspecified atom stereocenters. The van der Waals surface area contributed by atoms with Crippen LogP contribution in [0.1, 0.15) is 30.1 Å². The molecule has 0 saturated heterocycles. The van der Waals surface area contributed by atoms with Gasteiger partial charge in [0.1, 0.15) is 4.38 Å². The lowest BCUT2D eigenvalue weighted by molar-refractivity contribution is -0.384. The summed E-state index contributed by atoms with van der Waals surface area (Å²) < 4.78 is 0.790. The highest BCUT2D eigenvalue weighted by atomic mass is 32.2. The van der Waals surface area contributed by atoms with Crippen LogP contribution in [-0.2, 0) is 0 Å². The number of hydrogen-bond acceptors (Lipinski definition) is 6. The van der Waals surface area contributed by atoms with Crippen molar-refractivity contribution in [2.75, 3.05) is 12.0 Å². The van der Waals surface area contributed by atoms with E-state index in [-0.39, 0.29) is 11.6 Å². The van der Waals surface area contributed by atoms with E-state index < -0.39 is 4.92 Å². The Kier molecular flexibility index (Phi) is 7.84. The summed E-state index contributed by atoms with van der Waals surface area (Å²) in [5, 5.41) is 14.6. The molecule has 21 heavy (non-hydrogen) atoms. The maximum Gasteiger partial charge on any atom is 0.271 e. The molecule has 0 aromatic heterocycles. The fourth-order valence-electron chi connectivity index (χ4n) is 1.34. The van der Waals surface area contributed by atoms with Crippen LogP contribution in [0, 0.1) is 10.1 Å². The number of hydrogen-bond donors (Lipinski definition) is 1. The average Bonchev–Trinajstić information content (AvgIpc) is 2.50. The van der Waals surface area contributed by atoms with Gasteiger partial charge in [-0.1, -0.05) is 25.1 Å². The highest BCUT2D eigenvalue weighted by Gasteiger charge is 2.09. The Morgan fingerprint density at radius 3 is 2.57 bits per heavy atom. The molecule has 0 saturated carbocycles. The zero-order valence-corrected chi connectivity index (χ0v) is 13.5. The molecule has 1 aromatic rings. The summed E-state index contributed by atoms with van der Waals surface area (Å²) in [6.07, 6.45) is 4.11. The predicted molar refractivity (Wildman–Crippen MR) is 88.9 cm³/mol. The van der Waals surface area contributed by atoms with Gasteiger partial charge in [0.05, 0.1) is 4.92 Å². The monoisotopic (exact) mass is 327 g/mol. The molecule has 0 aliphatic heterocycles. The molecule has 0 bridgehead atoms. The molecule has 0 heterocycles. The van der Waals surface area contributed by atoms with Gasteiger partial charge in [0, 0.05) is 23.4 Å². The topological polar surface area (TPSA) is 84.6 Å². The third-order valence-electron chi connectivity index (χ3n) is 2.49. The maximum absolute atomic E-state index is 11.9. The number of carbonyl (C=O) groups is 1. The van der Waals surface area contributed by atoms with E-state index in [0.29, 0.717) is 5.56 Å². The van der Waals surface area contributed by atoms with Gasteiger partial charge in [-0.15, -0.1) is 11.8 Å². The van der Waals surface area contributed by atoms with E-state index in [1.54, 1.807) is 11.8 Å². The minimum absolute atomic E-state index is 0.0463. The molecular formula is C13H17N3O3S2. The first kappa shape index (κ1) is 17.5. The number of unbranched alkanes of at least 4 members (excludes halogenated alkanes) is 1. The zero-order valence-electron chi connectivity index (χ0n) is 11.9. The van der Waals surface area contributed by atoms with Gasteiger partial charge < -0.3 is 0 Å². The molecule has 0 aliphatic rings. The van der Waals surface area contributed by atoms with Gasteiger partial charge >= 0.3 is 0 Å². The van der Waals surface area contributed by atoms with Gasteiger partial charge in [-0.25, -0.2) is 5.43 Å². The van der Waals surface area contributed by atoms with Crippen molar-refractivity contribution >= 4 is 39.5 Å². The molecule has 114 valence electrons. The number of nitro groups is 1. The molecule has 1 amide bonds. The number of nitrogens with zero attached hydrogens (tertiary/aromatic N) is 2. The van der Waals surface area contributed by atoms with E-state index in [9.17, 15) is 14.9 Å². The van der Waals surface area contributed by atoms with Crippen LogP contribution in [0.4, 0.5) is 5.69 Å². The number of thioether (sulfide) groups is 2. The minimum atomic E-state index is -0.504. The van der Waals surface area contributed by atoms with Crippen molar-refractivity contribution in [1.29, 1.82) is 0 Å². The first-order chi connectivity index (χ1) is 10.1. The molecule has 8 heteroatoms. The Bertz CT molecular complexity index is 518. The molecular weight excluding hydrogens is 310 g/mol. The van der Waals surface area contributed by atoms with E-state index in [1.807, 2.05) is 6.26 Å². The first-order valence-corrected chi connectivity index (χ1v) is 8.58. The van der Waals surface area contributed by atoms with Crippen LogP contribution >= 0.6 is 23.5 Å². The Labute approximate surface area is 131 Å². The second kappa shape index (κ2) is 9.41. The van der Waals surface area contributed by atoms with E-state index in [4.69, 9.17) is 0 Å². The van der Waals surface area contributed by atoms with Crippen LogP contribution in [0.2, 0.25) is 0 Å². The average molecular weight is 327 g/mol. The Morgan fingerprint density at radius 2 is 2.05 bits per heavy atom. The lowest BCUT2D eigenvalue weighted by Crippen LogP contribution is -2.18. The lowest BCUT2D eigenvalue weighted by Gasteiger charge is -2.04. The van der Waals surface area contributed by atoms with Gasteiger partial charge in [0.25, 0.3) is 11.6 Å². The standard InChI is InChI=1S/C13H17N3O3S2/c1-3-4-9-21-13(20-2)15-14-12(17)10-5-7-11(8-6-10)16(18)19/h5-8H,3-4,9H2,1-2H3,(H,14,17). The first-order valence-electron chi connectivity index (χ1n) is 6.37. The summed E-state index contributed by atoms with van der Waals surface area (Å²) >= 11 is 3.07. The number of nitrogens with one attached hydrogen (secondary N) is 1. The van der Waals surface area contributed by atoms with Crippen molar-refractivity contribution < 1.29 is 9.72 Å². The van der Waals surface area contributed by atoms with Crippen LogP contribution < -0.4 is 5.43 Å². The Morgan fingerprint density at radius 1 is 1.38 bits per heavy atom. The minimum Gasteiger partial charge on any atom is -0.267 e. The fourth-order valence-corrected chi connectivity index (χ4v) is 2.91. The summed E-state index contributed by atoms with van der Waals surface area (Å²) in [6, 6.07) is 5.41.